The Labute approximate surface area is 183 Å². The lowest BCUT2D eigenvalue weighted by Crippen LogP contribution is -2.56. The standard InChI is InChI=1S/C18H32N6O3.HI/c1-6-20-13(25)17(2,3)11-21-15(19-5)24-9-7-12(8-10-24)18(4)14(26)22-16(27)23-18;/h12H,6-11H2,1-5H3,(H,19,21)(H,20,25)(H2,22,23,26,27);1H. The molecule has 28 heavy (non-hydrogen) atoms. The van der Waals surface area contributed by atoms with Gasteiger partial charge in [-0.15, -0.1) is 24.0 Å². The molecule has 1 atom stereocenters. The molecule has 0 aromatic heterocycles. The third kappa shape index (κ3) is 5.26. The molecule has 10 heteroatoms. The van der Waals surface area contributed by atoms with E-state index in [0.29, 0.717) is 13.1 Å². The number of carbonyl (C=O) groups is 3. The van der Waals surface area contributed by atoms with Crippen LogP contribution >= 0.6 is 24.0 Å². The van der Waals surface area contributed by atoms with Crippen LogP contribution in [-0.2, 0) is 9.59 Å². The summed E-state index contributed by atoms with van der Waals surface area (Å²) >= 11 is 0. The van der Waals surface area contributed by atoms with E-state index < -0.39 is 17.0 Å². The van der Waals surface area contributed by atoms with Crippen LogP contribution in [0.5, 0.6) is 0 Å². The van der Waals surface area contributed by atoms with Crippen molar-refractivity contribution in [1.82, 2.24) is 26.2 Å². The molecule has 4 amide bonds. The highest BCUT2D eigenvalue weighted by atomic mass is 127. The predicted octanol–water partition coefficient (Wildman–Crippen LogP) is 0.652. The normalized spacial score (nSPS) is 23.6. The Morgan fingerprint density at radius 3 is 2.36 bits per heavy atom. The Bertz CT molecular complexity index is 631. The lowest BCUT2D eigenvalue weighted by molar-refractivity contribution is -0.129. The summed E-state index contributed by atoms with van der Waals surface area (Å²) in [5.74, 6) is 0.570. The third-order valence-electron chi connectivity index (χ3n) is 5.54. The van der Waals surface area contributed by atoms with Crippen LogP contribution in [0.15, 0.2) is 4.99 Å². The Morgan fingerprint density at radius 1 is 1.29 bits per heavy atom. The molecule has 0 spiro atoms. The molecule has 1 unspecified atom stereocenters. The number of nitrogens with zero attached hydrogens (tertiary/aromatic N) is 2. The van der Waals surface area contributed by atoms with Crippen molar-refractivity contribution >= 4 is 47.8 Å². The van der Waals surface area contributed by atoms with Gasteiger partial charge in [-0.3, -0.25) is 19.9 Å². The van der Waals surface area contributed by atoms with Gasteiger partial charge in [0, 0.05) is 33.2 Å². The molecule has 0 radical (unpaired) electrons. The van der Waals surface area contributed by atoms with Crippen LogP contribution in [0.4, 0.5) is 4.79 Å². The van der Waals surface area contributed by atoms with Gasteiger partial charge < -0.3 is 20.9 Å². The predicted molar refractivity (Wildman–Crippen MR) is 119 cm³/mol. The van der Waals surface area contributed by atoms with E-state index in [0.717, 1.165) is 31.9 Å². The molecule has 2 aliphatic heterocycles. The first-order valence-corrected chi connectivity index (χ1v) is 9.51. The summed E-state index contributed by atoms with van der Waals surface area (Å²) in [6.07, 6.45) is 1.54. The number of likely N-dealkylation sites (tertiary alicyclic amines) is 1. The average molecular weight is 508 g/mol. The van der Waals surface area contributed by atoms with Gasteiger partial charge in [0.1, 0.15) is 5.54 Å². The van der Waals surface area contributed by atoms with Crippen molar-refractivity contribution in [2.45, 2.75) is 46.1 Å². The highest BCUT2D eigenvalue weighted by molar-refractivity contribution is 14.0. The second-order valence-electron chi connectivity index (χ2n) is 8.02. The minimum absolute atomic E-state index is 0. The van der Waals surface area contributed by atoms with Crippen molar-refractivity contribution in [2.75, 3.05) is 33.2 Å². The van der Waals surface area contributed by atoms with Gasteiger partial charge in [-0.25, -0.2) is 4.79 Å². The number of hydrogen-bond acceptors (Lipinski definition) is 4. The maximum Gasteiger partial charge on any atom is 0.322 e. The number of nitrogens with one attached hydrogen (secondary N) is 4. The van der Waals surface area contributed by atoms with E-state index in [4.69, 9.17) is 0 Å². The number of aliphatic imine (C=N–C) groups is 1. The zero-order chi connectivity index (χ0) is 20.2. The van der Waals surface area contributed by atoms with Crippen LogP contribution < -0.4 is 21.3 Å². The first-order valence-electron chi connectivity index (χ1n) is 9.51. The fraction of sp³-hybridized carbons (Fsp3) is 0.778. The van der Waals surface area contributed by atoms with Crippen LogP contribution in [0.3, 0.4) is 0 Å². The topological polar surface area (TPSA) is 115 Å². The lowest BCUT2D eigenvalue weighted by Gasteiger charge is -2.40. The van der Waals surface area contributed by atoms with E-state index in [2.05, 4.69) is 31.2 Å². The molecule has 160 valence electrons. The van der Waals surface area contributed by atoms with E-state index >= 15 is 0 Å². The Kier molecular flexibility index (Phi) is 8.51. The van der Waals surface area contributed by atoms with E-state index in [-0.39, 0.29) is 41.7 Å². The maximum absolute atomic E-state index is 12.1. The molecule has 0 bridgehead atoms. The molecule has 0 aromatic carbocycles. The van der Waals surface area contributed by atoms with Gasteiger partial charge in [-0.05, 0) is 46.5 Å². The Hall–Kier alpha value is -1.59. The number of urea groups is 1. The molecular formula is C18H33IN6O3. The van der Waals surface area contributed by atoms with Crippen molar-refractivity contribution in [3.63, 3.8) is 0 Å². The number of halogens is 1. The summed E-state index contributed by atoms with van der Waals surface area (Å²) in [5, 5.41) is 11.2. The summed E-state index contributed by atoms with van der Waals surface area (Å²) < 4.78 is 0. The fourth-order valence-corrected chi connectivity index (χ4v) is 3.63. The largest absolute Gasteiger partial charge is 0.356 e. The van der Waals surface area contributed by atoms with E-state index in [1.54, 1.807) is 14.0 Å². The Morgan fingerprint density at radius 2 is 1.89 bits per heavy atom. The van der Waals surface area contributed by atoms with Crippen molar-refractivity contribution in [1.29, 1.82) is 0 Å². The van der Waals surface area contributed by atoms with Crippen LogP contribution in [-0.4, -0.2) is 67.5 Å². The van der Waals surface area contributed by atoms with Crippen LogP contribution in [0.25, 0.3) is 0 Å². The van der Waals surface area contributed by atoms with Gasteiger partial charge >= 0.3 is 6.03 Å². The highest BCUT2D eigenvalue weighted by Gasteiger charge is 2.48. The van der Waals surface area contributed by atoms with Gasteiger partial charge in [0.2, 0.25) is 5.91 Å². The molecule has 0 aromatic rings. The van der Waals surface area contributed by atoms with Gasteiger partial charge in [0.15, 0.2) is 5.96 Å². The molecule has 2 fully saturated rings. The molecule has 0 saturated carbocycles. The van der Waals surface area contributed by atoms with Crippen LogP contribution in [0, 0.1) is 11.3 Å². The zero-order valence-corrected chi connectivity index (χ0v) is 19.7. The number of imide groups is 1. The smallest absolute Gasteiger partial charge is 0.322 e. The first-order chi connectivity index (χ1) is 12.6. The lowest BCUT2D eigenvalue weighted by atomic mass is 9.79. The van der Waals surface area contributed by atoms with Crippen molar-refractivity contribution in [3.8, 4) is 0 Å². The number of carbonyl (C=O) groups excluding carboxylic acids is 3. The van der Waals surface area contributed by atoms with Crippen LogP contribution in [0.1, 0.15) is 40.5 Å². The summed E-state index contributed by atoms with van der Waals surface area (Å²) in [7, 11) is 1.72. The number of rotatable bonds is 5. The van der Waals surface area contributed by atoms with E-state index in [9.17, 15) is 14.4 Å². The van der Waals surface area contributed by atoms with E-state index in [1.165, 1.54) is 0 Å². The number of hydrogen-bond donors (Lipinski definition) is 4. The monoisotopic (exact) mass is 508 g/mol. The molecular weight excluding hydrogens is 475 g/mol. The maximum atomic E-state index is 12.1. The third-order valence-corrected chi connectivity index (χ3v) is 5.54. The Balaban J connectivity index is 0.00000392. The molecule has 2 aliphatic rings. The van der Waals surface area contributed by atoms with Crippen molar-refractivity contribution in [2.24, 2.45) is 16.3 Å². The fourth-order valence-electron chi connectivity index (χ4n) is 3.63. The number of guanidine groups is 1. The number of piperidine rings is 1. The second kappa shape index (κ2) is 9.75. The van der Waals surface area contributed by atoms with Crippen molar-refractivity contribution < 1.29 is 14.4 Å². The molecule has 2 saturated heterocycles. The molecule has 0 aliphatic carbocycles. The van der Waals surface area contributed by atoms with Crippen LogP contribution in [0.2, 0.25) is 0 Å². The molecule has 2 rings (SSSR count). The number of amides is 4. The first kappa shape index (κ1) is 24.4. The summed E-state index contributed by atoms with van der Waals surface area (Å²) in [6, 6.07) is -0.421. The minimum atomic E-state index is -0.847. The SMILES string of the molecule is CCNC(=O)C(C)(C)CNC(=NC)N1CCC(C2(C)NC(=O)NC2=O)CC1.I. The van der Waals surface area contributed by atoms with Gasteiger partial charge in [0.05, 0.1) is 5.41 Å². The van der Waals surface area contributed by atoms with Gasteiger partial charge in [0.25, 0.3) is 5.91 Å². The minimum Gasteiger partial charge on any atom is -0.356 e. The zero-order valence-electron chi connectivity index (χ0n) is 17.3. The summed E-state index contributed by atoms with van der Waals surface area (Å²) in [5.41, 5.74) is -1.40. The van der Waals surface area contributed by atoms with E-state index in [1.807, 2.05) is 20.8 Å². The average Bonchev–Trinajstić information content (AvgIpc) is 2.89. The summed E-state index contributed by atoms with van der Waals surface area (Å²) in [6.45, 7) is 10.0. The van der Waals surface area contributed by atoms with Crippen molar-refractivity contribution in [3.05, 3.63) is 0 Å². The van der Waals surface area contributed by atoms with Gasteiger partial charge in [-0.2, -0.15) is 0 Å². The quantitative estimate of drug-likeness (QED) is 0.189. The summed E-state index contributed by atoms with van der Waals surface area (Å²) in [4.78, 5) is 42.2. The molecule has 4 N–H and O–H groups in total. The van der Waals surface area contributed by atoms with Gasteiger partial charge in [-0.1, -0.05) is 0 Å². The molecule has 9 nitrogen and oxygen atoms in total. The molecule has 2 heterocycles. The second-order valence-corrected chi connectivity index (χ2v) is 8.02. The highest BCUT2D eigenvalue weighted by Crippen LogP contribution is 2.30.